The average Bonchev–Trinajstić information content (AvgIpc) is 3.21. The van der Waals surface area contributed by atoms with Gasteiger partial charge in [-0.1, -0.05) is 18.9 Å². The van der Waals surface area contributed by atoms with Gasteiger partial charge in [-0.15, -0.1) is 0 Å². The first kappa shape index (κ1) is 19.3. The Balaban J connectivity index is 1.43. The molecular weight excluding hydrogens is 380 g/mol. The zero-order valence-electron chi connectivity index (χ0n) is 17.0. The van der Waals surface area contributed by atoms with Crippen LogP contribution in [0, 0.1) is 0 Å². The molecule has 1 aliphatic carbocycles. The Kier molecular flexibility index (Phi) is 5.28. The quantitative estimate of drug-likeness (QED) is 0.611. The number of aromatic nitrogens is 3. The highest BCUT2D eigenvalue weighted by Gasteiger charge is 2.24. The smallest absolute Gasteiger partial charge is 0.224 e. The van der Waals surface area contributed by atoms with Crippen LogP contribution < -0.4 is 10.2 Å². The van der Waals surface area contributed by atoms with Crippen LogP contribution in [-0.4, -0.2) is 68.2 Å². The van der Waals surface area contributed by atoms with Crippen molar-refractivity contribution in [2.75, 3.05) is 36.4 Å². The van der Waals surface area contributed by atoms with Gasteiger partial charge >= 0.3 is 0 Å². The predicted molar refractivity (Wildman–Crippen MR) is 116 cm³/mol. The lowest BCUT2D eigenvalue weighted by atomic mass is 9.93. The van der Waals surface area contributed by atoms with Crippen molar-refractivity contribution in [3.05, 3.63) is 42.7 Å². The second-order valence-electron chi connectivity index (χ2n) is 8.18. The summed E-state index contributed by atoms with van der Waals surface area (Å²) in [7, 11) is 0. The molecule has 0 bridgehead atoms. The van der Waals surface area contributed by atoms with Gasteiger partial charge < -0.3 is 25.1 Å². The van der Waals surface area contributed by atoms with Crippen LogP contribution in [0.2, 0.25) is 0 Å². The van der Waals surface area contributed by atoms with Crippen molar-refractivity contribution in [2.24, 2.45) is 0 Å². The summed E-state index contributed by atoms with van der Waals surface area (Å²) in [5.41, 5.74) is 2.26. The molecule has 1 saturated carbocycles. The van der Waals surface area contributed by atoms with Crippen LogP contribution in [0.5, 0.6) is 0 Å². The molecule has 3 heterocycles. The number of piperazine rings is 1. The number of fused-ring (bicyclic) bond motifs is 1. The fraction of sp³-hybridized carbons (Fsp3) is 0.455. The van der Waals surface area contributed by atoms with Gasteiger partial charge in [-0.2, -0.15) is 10.0 Å². The molecule has 30 heavy (non-hydrogen) atoms. The summed E-state index contributed by atoms with van der Waals surface area (Å²) < 4.78 is 2.07. The van der Waals surface area contributed by atoms with Crippen LogP contribution in [-0.2, 0) is 0 Å². The van der Waals surface area contributed by atoms with E-state index < -0.39 is 0 Å². The second-order valence-corrected chi connectivity index (χ2v) is 8.18. The summed E-state index contributed by atoms with van der Waals surface area (Å²) in [6.07, 6.45) is 7.40. The molecule has 158 valence electrons. The number of aliphatic hydroxyl groups excluding tert-OH is 1. The van der Waals surface area contributed by atoms with Crippen molar-refractivity contribution in [3.63, 3.8) is 0 Å². The van der Waals surface area contributed by atoms with Crippen LogP contribution in [0.3, 0.4) is 0 Å². The maximum absolute atomic E-state index is 10.2. The Labute approximate surface area is 175 Å². The number of anilines is 2. The number of nitrogens with one attached hydrogen (secondary N) is 1. The molecular formula is C22H28N6O2. The number of nitrogens with zero attached hydrogens (tertiary/aromatic N) is 5. The lowest BCUT2D eigenvalue weighted by Gasteiger charge is -2.33. The minimum atomic E-state index is -0.347. The third kappa shape index (κ3) is 3.74. The third-order valence-corrected chi connectivity index (χ3v) is 6.24. The van der Waals surface area contributed by atoms with Crippen LogP contribution in [0.1, 0.15) is 25.7 Å². The topological polar surface area (TPSA) is 89.7 Å². The van der Waals surface area contributed by atoms with Gasteiger partial charge in [0.2, 0.25) is 5.95 Å². The number of hydroxylamine groups is 2. The largest absolute Gasteiger partial charge is 0.391 e. The highest BCUT2D eigenvalue weighted by atomic mass is 16.5. The molecule has 2 aliphatic rings. The Morgan fingerprint density at radius 2 is 1.83 bits per heavy atom. The normalized spacial score (nSPS) is 23.1. The SMILES string of the molecule is OC1CCCCC1Nc1nccc(-n2ccc3c(N4CCN(O)CC4)cccc32)n1. The fourth-order valence-electron chi connectivity index (χ4n) is 4.56. The lowest BCUT2D eigenvalue weighted by molar-refractivity contribution is -0.0935. The number of hydrogen-bond acceptors (Lipinski definition) is 7. The van der Waals surface area contributed by atoms with Gasteiger partial charge in [-0.3, -0.25) is 0 Å². The Morgan fingerprint density at radius 1 is 1.00 bits per heavy atom. The zero-order chi connectivity index (χ0) is 20.5. The zero-order valence-corrected chi connectivity index (χ0v) is 17.0. The first-order valence-electron chi connectivity index (χ1n) is 10.8. The van der Waals surface area contributed by atoms with Gasteiger partial charge in [0.25, 0.3) is 0 Å². The lowest BCUT2D eigenvalue weighted by Crippen LogP contribution is -2.44. The standard InChI is InChI=1S/C22H28N6O2/c29-20-7-2-1-4-17(20)24-22-23-10-8-21(25-22)28-11-9-16-18(5-3-6-19(16)28)26-12-14-27(30)15-13-26/h3,5-6,8-11,17,20,29-30H,1-2,4,7,12-15H2,(H,23,24,25). The molecule has 3 N–H and O–H groups in total. The summed E-state index contributed by atoms with van der Waals surface area (Å²) >= 11 is 0. The summed E-state index contributed by atoms with van der Waals surface area (Å²) in [4.78, 5) is 11.4. The Bertz CT molecular complexity index is 1010. The number of hydrogen-bond donors (Lipinski definition) is 3. The van der Waals surface area contributed by atoms with Crippen LogP contribution in [0.4, 0.5) is 11.6 Å². The monoisotopic (exact) mass is 408 g/mol. The summed E-state index contributed by atoms with van der Waals surface area (Å²) in [5.74, 6) is 1.35. The molecule has 1 saturated heterocycles. The Hall–Kier alpha value is -2.68. The van der Waals surface area contributed by atoms with Gasteiger partial charge in [0, 0.05) is 49.6 Å². The minimum Gasteiger partial charge on any atom is -0.391 e. The maximum atomic E-state index is 10.2. The van der Waals surface area contributed by atoms with E-state index in [2.05, 4.69) is 44.0 Å². The molecule has 0 amide bonds. The van der Waals surface area contributed by atoms with E-state index in [1.54, 1.807) is 6.20 Å². The van der Waals surface area contributed by atoms with Crippen molar-refractivity contribution < 1.29 is 10.3 Å². The number of rotatable bonds is 4. The molecule has 0 radical (unpaired) electrons. The second kappa shape index (κ2) is 8.22. The van der Waals surface area contributed by atoms with Crippen LogP contribution in [0.15, 0.2) is 42.7 Å². The van der Waals surface area contributed by atoms with Gasteiger partial charge in [0.1, 0.15) is 5.82 Å². The molecule has 1 aromatic carbocycles. The third-order valence-electron chi connectivity index (χ3n) is 6.24. The molecule has 0 spiro atoms. The summed E-state index contributed by atoms with van der Waals surface area (Å²) in [6, 6.07) is 10.3. The van der Waals surface area contributed by atoms with E-state index in [0.717, 1.165) is 50.1 Å². The highest BCUT2D eigenvalue weighted by molar-refractivity contribution is 5.94. The molecule has 5 rings (SSSR count). The summed E-state index contributed by atoms with van der Waals surface area (Å²) in [5, 5.41) is 25.8. The average molecular weight is 409 g/mol. The van der Waals surface area contributed by atoms with Crippen molar-refractivity contribution in [1.29, 1.82) is 0 Å². The molecule has 2 fully saturated rings. The highest BCUT2D eigenvalue weighted by Crippen LogP contribution is 2.30. The van der Waals surface area contributed by atoms with Crippen LogP contribution >= 0.6 is 0 Å². The minimum absolute atomic E-state index is 0.00667. The predicted octanol–water partition coefficient (Wildman–Crippen LogP) is 2.65. The molecule has 8 heteroatoms. The van der Waals surface area contributed by atoms with E-state index in [4.69, 9.17) is 4.98 Å². The van der Waals surface area contributed by atoms with Crippen molar-refractivity contribution in [3.8, 4) is 5.82 Å². The van der Waals surface area contributed by atoms with Crippen LogP contribution in [0.25, 0.3) is 16.7 Å². The van der Waals surface area contributed by atoms with Crippen molar-refractivity contribution in [2.45, 2.75) is 37.8 Å². The molecule has 2 aromatic heterocycles. The maximum Gasteiger partial charge on any atom is 0.224 e. The molecule has 2 atom stereocenters. The van der Waals surface area contributed by atoms with Gasteiger partial charge in [0.15, 0.2) is 0 Å². The molecule has 8 nitrogen and oxygen atoms in total. The first-order valence-corrected chi connectivity index (χ1v) is 10.8. The van der Waals surface area contributed by atoms with E-state index in [1.165, 1.54) is 16.1 Å². The van der Waals surface area contributed by atoms with Crippen molar-refractivity contribution in [1.82, 2.24) is 19.6 Å². The molecule has 1 aliphatic heterocycles. The molecule has 2 unspecified atom stereocenters. The van der Waals surface area contributed by atoms with Crippen molar-refractivity contribution >= 4 is 22.5 Å². The van der Waals surface area contributed by atoms with E-state index in [9.17, 15) is 10.3 Å². The molecule has 3 aromatic rings. The van der Waals surface area contributed by atoms with E-state index >= 15 is 0 Å². The van der Waals surface area contributed by atoms with E-state index in [1.807, 2.05) is 12.3 Å². The van der Waals surface area contributed by atoms with Gasteiger partial charge in [0.05, 0.1) is 17.7 Å². The van der Waals surface area contributed by atoms with E-state index in [0.29, 0.717) is 19.0 Å². The Morgan fingerprint density at radius 3 is 2.67 bits per heavy atom. The number of benzene rings is 1. The summed E-state index contributed by atoms with van der Waals surface area (Å²) in [6.45, 7) is 2.88. The number of aliphatic hydroxyl groups is 1. The first-order chi connectivity index (χ1) is 14.7. The van der Waals surface area contributed by atoms with E-state index in [-0.39, 0.29) is 12.1 Å². The van der Waals surface area contributed by atoms with Gasteiger partial charge in [-0.05, 0) is 37.1 Å². The fourth-order valence-corrected chi connectivity index (χ4v) is 4.56. The van der Waals surface area contributed by atoms with Gasteiger partial charge in [-0.25, -0.2) is 4.98 Å².